The van der Waals surface area contributed by atoms with E-state index in [0.717, 1.165) is 24.5 Å². The number of aromatic hydroxyl groups is 1. The van der Waals surface area contributed by atoms with Crippen LogP contribution in [0, 0.1) is 11.6 Å². The van der Waals surface area contributed by atoms with E-state index < -0.39 is 21.7 Å². The summed E-state index contributed by atoms with van der Waals surface area (Å²) in [6.45, 7) is 0. The number of rotatable bonds is 4. The molecule has 0 spiro atoms. The molecule has 0 aliphatic rings. The number of halogens is 2. The predicted molar refractivity (Wildman–Crippen MR) is 73.0 cm³/mol. The third-order valence-corrected chi connectivity index (χ3v) is 2.96. The van der Waals surface area contributed by atoms with Crippen molar-refractivity contribution in [2.75, 3.05) is 11.0 Å². The Morgan fingerprint density at radius 1 is 1.10 bits per heavy atom. The Morgan fingerprint density at radius 3 is 2.38 bits per heavy atom. The highest BCUT2D eigenvalue weighted by Crippen LogP contribution is 2.34. The van der Waals surface area contributed by atoms with Gasteiger partial charge in [0.25, 0.3) is 0 Å². The number of anilines is 1. The van der Waals surface area contributed by atoms with Crippen LogP contribution in [0.15, 0.2) is 36.4 Å². The van der Waals surface area contributed by atoms with Crippen LogP contribution in [0.4, 0.5) is 14.5 Å². The van der Waals surface area contributed by atoms with E-state index in [0.29, 0.717) is 6.07 Å². The SMILES string of the molecule is CS(=O)(=O)Nc1cc(O)ccc1Oc1ccc(F)cc1F. The summed E-state index contributed by atoms with van der Waals surface area (Å²) >= 11 is 0. The lowest BCUT2D eigenvalue weighted by atomic mass is 10.2. The molecule has 0 saturated carbocycles. The van der Waals surface area contributed by atoms with Crippen molar-refractivity contribution in [1.29, 1.82) is 0 Å². The molecule has 0 aliphatic carbocycles. The number of ether oxygens (including phenoxy) is 1. The molecule has 2 aromatic rings. The van der Waals surface area contributed by atoms with Crippen LogP contribution in [0.5, 0.6) is 17.2 Å². The molecule has 0 aliphatic heterocycles. The molecule has 0 amide bonds. The summed E-state index contributed by atoms with van der Waals surface area (Å²) < 4.78 is 56.2. The average Bonchev–Trinajstić information content (AvgIpc) is 2.33. The summed E-state index contributed by atoms with van der Waals surface area (Å²) in [5, 5.41) is 9.38. The second-order valence-electron chi connectivity index (χ2n) is 4.23. The van der Waals surface area contributed by atoms with E-state index in [1.807, 2.05) is 0 Å². The summed E-state index contributed by atoms with van der Waals surface area (Å²) in [7, 11) is -3.62. The van der Waals surface area contributed by atoms with Gasteiger partial charge in [-0.1, -0.05) is 0 Å². The molecule has 2 rings (SSSR count). The van der Waals surface area contributed by atoms with Crippen LogP contribution < -0.4 is 9.46 Å². The van der Waals surface area contributed by atoms with Gasteiger partial charge in [-0.25, -0.2) is 17.2 Å². The van der Waals surface area contributed by atoms with E-state index in [-0.39, 0.29) is 22.9 Å². The van der Waals surface area contributed by atoms with E-state index in [4.69, 9.17) is 4.74 Å². The first-order chi connectivity index (χ1) is 9.74. The Morgan fingerprint density at radius 2 is 1.76 bits per heavy atom. The third-order valence-electron chi connectivity index (χ3n) is 2.37. The third kappa shape index (κ3) is 4.06. The zero-order valence-corrected chi connectivity index (χ0v) is 11.6. The molecule has 0 bridgehead atoms. The zero-order chi connectivity index (χ0) is 15.6. The molecule has 2 aromatic carbocycles. The molecule has 5 nitrogen and oxygen atoms in total. The van der Waals surface area contributed by atoms with Crippen LogP contribution in [0.1, 0.15) is 0 Å². The van der Waals surface area contributed by atoms with Gasteiger partial charge in [-0.3, -0.25) is 4.72 Å². The van der Waals surface area contributed by atoms with Crippen molar-refractivity contribution in [3.05, 3.63) is 48.0 Å². The molecule has 0 heterocycles. The molecule has 0 atom stereocenters. The van der Waals surface area contributed by atoms with Gasteiger partial charge in [0.1, 0.15) is 11.6 Å². The Hall–Kier alpha value is -2.35. The molecule has 112 valence electrons. The van der Waals surface area contributed by atoms with Crippen LogP contribution in [0.2, 0.25) is 0 Å². The fourth-order valence-corrected chi connectivity index (χ4v) is 2.12. The number of hydrogen-bond acceptors (Lipinski definition) is 4. The highest BCUT2D eigenvalue weighted by Gasteiger charge is 2.13. The molecular formula is C13H11F2NO4S. The Bertz CT molecular complexity index is 778. The van der Waals surface area contributed by atoms with Gasteiger partial charge in [0.05, 0.1) is 11.9 Å². The Kier molecular flexibility index (Phi) is 3.99. The summed E-state index contributed by atoms with van der Waals surface area (Å²) in [6, 6.07) is 6.32. The van der Waals surface area contributed by atoms with Crippen LogP contribution in [0.25, 0.3) is 0 Å². The fraction of sp³-hybridized carbons (Fsp3) is 0.0769. The predicted octanol–water partition coefficient (Wildman–Crippen LogP) is 2.83. The van der Waals surface area contributed by atoms with E-state index in [1.54, 1.807) is 0 Å². The summed E-state index contributed by atoms with van der Waals surface area (Å²) in [4.78, 5) is 0. The topological polar surface area (TPSA) is 75.6 Å². The van der Waals surface area contributed by atoms with Gasteiger partial charge in [0.2, 0.25) is 10.0 Å². The van der Waals surface area contributed by atoms with Crippen molar-refractivity contribution in [2.24, 2.45) is 0 Å². The van der Waals surface area contributed by atoms with Crippen LogP contribution in [-0.2, 0) is 10.0 Å². The summed E-state index contributed by atoms with van der Waals surface area (Å²) in [5.41, 5.74) is -0.0683. The minimum absolute atomic E-state index is 0.0382. The number of hydrogen-bond donors (Lipinski definition) is 2. The number of phenols is 1. The van der Waals surface area contributed by atoms with Crippen molar-refractivity contribution in [3.8, 4) is 17.2 Å². The first kappa shape index (κ1) is 15.0. The molecular weight excluding hydrogens is 304 g/mol. The van der Waals surface area contributed by atoms with Crippen molar-refractivity contribution >= 4 is 15.7 Å². The van der Waals surface area contributed by atoms with Crippen LogP contribution >= 0.6 is 0 Å². The molecule has 0 saturated heterocycles. The molecule has 0 radical (unpaired) electrons. The van der Waals surface area contributed by atoms with Gasteiger partial charge in [-0.2, -0.15) is 0 Å². The number of sulfonamides is 1. The molecule has 8 heteroatoms. The minimum Gasteiger partial charge on any atom is -0.508 e. The van der Waals surface area contributed by atoms with Crippen molar-refractivity contribution in [1.82, 2.24) is 0 Å². The number of nitrogens with one attached hydrogen (secondary N) is 1. The van der Waals surface area contributed by atoms with E-state index >= 15 is 0 Å². The zero-order valence-electron chi connectivity index (χ0n) is 10.8. The largest absolute Gasteiger partial charge is 0.508 e. The number of benzene rings is 2. The maximum Gasteiger partial charge on any atom is 0.229 e. The highest BCUT2D eigenvalue weighted by molar-refractivity contribution is 7.92. The van der Waals surface area contributed by atoms with Gasteiger partial charge in [-0.05, 0) is 24.3 Å². The quantitative estimate of drug-likeness (QED) is 0.909. The van der Waals surface area contributed by atoms with Gasteiger partial charge in [0, 0.05) is 12.1 Å². The summed E-state index contributed by atoms with van der Waals surface area (Å²) in [5.74, 6) is -2.22. The van der Waals surface area contributed by atoms with Crippen molar-refractivity contribution in [2.45, 2.75) is 0 Å². The second-order valence-corrected chi connectivity index (χ2v) is 5.98. The molecule has 0 unspecified atom stereocenters. The normalized spacial score (nSPS) is 11.2. The maximum atomic E-state index is 13.5. The lowest BCUT2D eigenvalue weighted by Gasteiger charge is -2.12. The van der Waals surface area contributed by atoms with Gasteiger partial charge in [0.15, 0.2) is 17.3 Å². The Labute approximate surface area is 119 Å². The molecule has 0 fully saturated rings. The van der Waals surface area contributed by atoms with E-state index in [9.17, 15) is 22.3 Å². The van der Waals surface area contributed by atoms with Crippen LogP contribution in [0.3, 0.4) is 0 Å². The second kappa shape index (κ2) is 5.57. The maximum absolute atomic E-state index is 13.5. The average molecular weight is 315 g/mol. The molecule has 2 N–H and O–H groups in total. The van der Waals surface area contributed by atoms with E-state index in [1.165, 1.54) is 12.1 Å². The summed E-state index contributed by atoms with van der Waals surface area (Å²) in [6.07, 6.45) is 0.916. The fourth-order valence-electron chi connectivity index (χ4n) is 1.56. The first-order valence-corrected chi connectivity index (χ1v) is 7.57. The van der Waals surface area contributed by atoms with Gasteiger partial charge < -0.3 is 9.84 Å². The minimum atomic E-state index is -3.62. The lowest BCUT2D eigenvalue weighted by molar-refractivity contribution is 0.436. The van der Waals surface area contributed by atoms with Crippen molar-refractivity contribution in [3.63, 3.8) is 0 Å². The van der Waals surface area contributed by atoms with Gasteiger partial charge in [-0.15, -0.1) is 0 Å². The number of phenolic OH excluding ortho intramolecular Hbond substituents is 1. The smallest absolute Gasteiger partial charge is 0.229 e. The monoisotopic (exact) mass is 315 g/mol. The van der Waals surface area contributed by atoms with Crippen molar-refractivity contribution < 1.29 is 27.0 Å². The Balaban J connectivity index is 2.39. The molecule has 21 heavy (non-hydrogen) atoms. The standard InChI is InChI=1S/C13H11F2NO4S/c1-21(18,19)16-11-7-9(17)3-5-13(11)20-12-4-2-8(14)6-10(12)15/h2-7,16-17H,1H3. The first-order valence-electron chi connectivity index (χ1n) is 5.68. The lowest BCUT2D eigenvalue weighted by Crippen LogP contribution is -2.10. The van der Waals surface area contributed by atoms with Crippen LogP contribution in [-0.4, -0.2) is 19.8 Å². The molecule has 0 aromatic heterocycles. The highest BCUT2D eigenvalue weighted by atomic mass is 32.2. The van der Waals surface area contributed by atoms with Gasteiger partial charge >= 0.3 is 0 Å². The van der Waals surface area contributed by atoms with E-state index in [2.05, 4.69) is 4.72 Å².